The van der Waals surface area contributed by atoms with Crippen LogP contribution < -0.4 is 10.3 Å². The normalized spacial score (nSPS) is 11.5. The Morgan fingerprint density at radius 2 is 2.09 bits per heavy atom. The summed E-state index contributed by atoms with van der Waals surface area (Å²) in [6, 6.07) is 15.5. The van der Waals surface area contributed by atoms with Gasteiger partial charge in [0.2, 0.25) is 0 Å². The first-order chi connectivity index (χ1) is 16.7. The van der Waals surface area contributed by atoms with Gasteiger partial charge in [0.05, 0.1) is 19.4 Å². The van der Waals surface area contributed by atoms with E-state index in [1.54, 1.807) is 22.3 Å². The van der Waals surface area contributed by atoms with Gasteiger partial charge in [-0.3, -0.25) is 9.69 Å². The number of aromatic amines is 1. The summed E-state index contributed by atoms with van der Waals surface area (Å²) < 4.78 is 12.8. The van der Waals surface area contributed by atoms with Gasteiger partial charge in [0, 0.05) is 34.4 Å². The number of benzene rings is 1. The zero-order valence-corrected chi connectivity index (χ0v) is 19.5. The molecule has 1 aromatic carbocycles. The minimum atomic E-state index is -0.108. The summed E-state index contributed by atoms with van der Waals surface area (Å²) in [5.74, 6) is 2.25. The number of hydrogen-bond acceptors (Lipinski definition) is 8. The second-order valence-corrected chi connectivity index (χ2v) is 8.89. The van der Waals surface area contributed by atoms with Crippen LogP contribution in [-0.2, 0) is 26.2 Å². The van der Waals surface area contributed by atoms with E-state index >= 15 is 0 Å². The van der Waals surface area contributed by atoms with E-state index in [2.05, 4.69) is 31.5 Å². The smallest absolute Gasteiger partial charge is 0.252 e. The first-order valence-corrected chi connectivity index (χ1v) is 11.9. The summed E-state index contributed by atoms with van der Waals surface area (Å²) in [6.07, 6.45) is 1.63. The molecule has 0 fully saturated rings. The van der Waals surface area contributed by atoms with Crippen molar-refractivity contribution in [1.29, 1.82) is 0 Å². The molecule has 0 saturated carbocycles. The van der Waals surface area contributed by atoms with Gasteiger partial charge in [0.1, 0.15) is 18.1 Å². The molecule has 0 amide bonds. The number of nitrogens with one attached hydrogen (secondary N) is 1. The SMILES string of the molecule is CCOc1ccc2[nH]c(=O)c(CN(Cc3cccs3)Cc3nnnn3Cc3ccco3)cc2c1. The fourth-order valence-electron chi connectivity index (χ4n) is 3.84. The fourth-order valence-corrected chi connectivity index (χ4v) is 4.59. The van der Waals surface area contributed by atoms with Crippen molar-refractivity contribution in [3.63, 3.8) is 0 Å². The Labute approximate surface area is 199 Å². The van der Waals surface area contributed by atoms with Gasteiger partial charge in [-0.1, -0.05) is 6.07 Å². The molecular formula is C24H24N6O3S. The van der Waals surface area contributed by atoms with Gasteiger partial charge in [0.15, 0.2) is 5.82 Å². The lowest BCUT2D eigenvalue weighted by Gasteiger charge is -2.21. The zero-order chi connectivity index (χ0) is 23.3. The number of aromatic nitrogens is 5. The number of tetrazole rings is 1. The highest BCUT2D eigenvalue weighted by molar-refractivity contribution is 7.09. The number of furan rings is 1. The Morgan fingerprint density at radius 1 is 1.15 bits per heavy atom. The topological polar surface area (TPSA) is 102 Å². The average molecular weight is 477 g/mol. The van der Waals surface area contributed by atoms with Crippen molar-refractivity contribution in [2.75, 3.05) is 6.61 Å². The molecule has 0 spiro atoms. The largest absolute Gasteiger partial charge is 0.494 e. The number of thiophene rings is 1. The van der Waals surface area contributed by atoms with Gasteiger partial charge >= 0.3 is 0 Å². The van der Waals surface area contributed by atoms with Crippen LogP contribution >= 0.6 is 11.3 Å². The molecule has 174 valence electrons. The number of hydrogen-bond donors (Lipinski definition) is 1. The summed E-state index contributed by atoms with van der Waals surface area (Å²) in [6.45, 7) is 4.56. The molecule has 9 nitrogen and oxygen atoms in total. The summed E-state index contributed by atoms with van der Waals surface area (Å²) in [5.41, 5.74) is 1.34. The summed E-state index contributed by atoms with van der Waals surface area (Å²) in [5, 5.41) is 15.2. The van der Waals surface area contributed by atoms with Crippen molar-refractivity contribution in [2.45, 2.75) is 33.1 Å². The van der Waals surface area contributed by atoms with Gasteiger partial charge in [-0.05, 0) is 65.2 Å². The van der Waals surface area contributed by atoms with E-state index in [0.717, 1.165) is 22.4 Å². The van der Waals surface area contributed by atoms with E-state index < -0.39 is 0 Å². The number of H-pyrrole nitrogens is 1. The monoisotopic (exact) mass is 476 g/mol. The van der Waals surface area contributed by atoms with Gasteiger partial charge in [0.25, 0.3) is 5.56 Å². The van der Waals surface area contributed by atoms with Gasteiger partial charge in [-0.15, -0.1) is 16.4 Å². The molecule has 0 saturated heterocycles. The van der Waals surface area contributed by atoms with Gasteiger partial charge in [-0.2, -0.15) is 0 Å². The van der Waals surface area contributed by atoms with Crippen molar-refractivity contribution >= 4 is 22.2 Å². The second kappa shape index (κ2) is 10.0. The maximum atomic E-state index is 12.9. The van der Waals surface area contributed by atoms with Crippen molar-refractivity contribution in [1.82, 2.24) is 30.1 Å². The zero-order valence-electron chi connectivity index (χ0n) is 18.7. The van der Waals surface area contributed by atoms with E-state index in [-0.39, 0.29) is 5.56 Å². The van der Waals surface area contributed by atoms with Crippen LogP contribution in [-0.4, -0.2) is 36.7 Å². The van der Waals surface area contributed by atoms with Crippen LogP contribution in [0.5, 0.6) is 5.75 Å². The maximum absolute atomic E-state index is 12.9. The lowest BCUT2D eigenvalue weighted by atomic mass is 10.1. The molecular weight excluding hydrogens is 452 g/mol. The summed E-state index contributed by atoms with van der Waals surface area (Å²) in [7, 11) is 0. The molecule has 10 heteroatoms. The van der Waals surface area contributed by atoms with Crippen molar-refractivity contribution in [3.05, 3.63) is 92.6 Å². The third-order valence-corrected chi connectivity index (χ3v) is 6.28. The predicted molar refractivity (Wildman–Crippen MR) is 129 cm³/mol. The van der Waals surface area contributed by atoms with Crippen molar-refractivity contribution < 1.29 is 9.15 Å². The number of nitrogens with zero attached hydrogens (tertiary/aromatic N) is 5. The van der Waals surface area contributed by atoms with Crippen molar-refractivity contribution in [3.8, 4) is 5.75 Å². The third-order valence-electron chi connectivity index (χ3n) is 5.41. The highest BCUT2D eigenvalue weighted by atomic mass is 32.1. The fraction of sp³-hybridized carbons (Fsp3) is 0.250. The van der Waals surface area contributed by atoms with Crippen LogP contribution in [0.15, 0.2) is 69.4 Å². The first-order valence-electron chi connectivity index (χ1n) is 11.0. The van der Waals surface area contributed by atoms with E-state index in [1.165, 1.54) is 4.88 Å². The Morgan fingerprint density at radius 3 is 2.88 bits per heavy atom. The molecule has 0 radical (unpaired) electrons. The lowest BCUT2D eigenvalue weighted by molar-refractivity contribution is 0.237. The quantitative estimate of drug-likeness (QED) is 0.327. The molecule has 5 aromatic rings. The van der Waals surface area contributed by atoms with Crippen LogP contribution in [0.3, 0.4) is 0 Å². The Hall–Kier alpha value is -3.76. The minimum absolute atomic E-state index is 0.108. The Balaban J connectivity index is 1.43. The number of fused-ring (bicyclic) bond motifs is 1. The second-order valence-electron chi connectivity index (χ2n) is 7.86. The van der Waals surface area contributed by atoms with Gasteiger partial charge in [-0.25, -0.2) is 4.68 Å². The van der Waals surface area contributed by atoms with E-state index in [4.69, 9.17) is 9.15 Å². The third kappa shape index (κ3) is 5.08. The lowest BCUT2D eigenvalue weighted by Crippen LogP contribution is -2.27. The Kier molecular flexibility index (Phi) is 6.50. The number of pyridine rings is 1. The van der Waals surface area contributed by atoms with E-state index in [0.29, 0.717) is 44.2 Å². The standard InChI is InChI=1S/C24H24N6O3S/c1-2-32-19-7-8-22-17(12-19)11-18(24(31)25-22)13-29(15-21-6-4-10-34-21)16-23-26-27-28-30(23)14-20-5-3-9-33-20/h3-12H,2,13-16H2,1H3,(H,25,31). The molecule has 4 aromatic heterocycles. The molecule has 0 bridgehead atoms. The van der Waals surface area contributed by atoms with Crippen LogP contribution in [0, 0.1) is 0 Å². The molecule has 0 aliphatic heterocycles. The molecule has 4 heterocycles. The Bertz CT molecular complexity index is 1410. The molecule has 0 atom stereocenters. The predicted octanol–water partition coefficient (Wildman–Crippen LogP) is 3.82. The average Bonchev–Trinajstić information content (AvgIpc) is 3.60. The number of rotatable bonds is 10. The van der Waals surface area contributed by atoms with E-state index in [1.807, 2.05) is 54.8 Å². The minimum Gasteiger partial charge on any atom is -0.494 e. The van der Waals surface area contributed by atoms with Gasteiger partial charge < -0.3 is 14.1 Å². The van der Waals surface area contributed by atoms with Crippen LogP contribution in [0.25, 0.3) is 10.9 Å². The highest BCUT2D eigenvalue weighted by Gasteiger charge is 2.17. The highest BCUT2D eigenvalue weighted by Crippen LogP contribution is 2.21. The van der Waals surface area contributed by atoms with Crippen LogP contribution in [0.2, 0.25) is 0 Å². The first kappa shape index (κ1) is 22.1. The molecule has 1 N–H and O–H groups in total. The molecule has 0 aliphatic rings. The molecule has 34 heavy (non-hydrogen) atoms. The van der Waals surface area contributed by atoms with Crippen LogP contribution in [0.4, 0.5) is 0 Å². The molecule has 0 aliphatic carbocycles. The van der Waals surface area contributed by atoms with Crippen LogP contribution in [0.1, 0.15) is 28.9 Å². The van der Waals surface area contributed by atoms with Crippen molar-refractivity contribution in [2.24, 2.45) is 0 Å². The maximum Gasteiger partial charge on any atom is 0.252 e. The number of ether oxygens (including phenoxy) is 1. The molecule has 5 rings (SSSR count). The molecule has 0 unspecified atom stereocenters. The van der Waals surface area contributed by atoms with E-state index in [9.17, 15) is 4.79 Å². The summed E-state index contributed by atoms with van der Waals surface area (Å²) in [4.78, 5) is 19.3. The summed E-state index contributed by atoms with van der Waals surface area (Å²) >= 11 is 1.68.